The number of nitrogens with one attached hydrogen (secondary N) is 1. The summed E-state index contributed by atoms with van der Waals surface area (Å²) in [5.41, 5.74) is 3.08. The van der Waals surface area contributed by atoms with Crippen LogP contribution in [0, 0.1) is 18.2 Å². The zero-order valence-corrected chi connectivity index (χ0v) is 23.2. The molecule has 0 radical (unpaired) electrons. The number of nitrogens with zero attached hydrogens (tertiary/aromatic N) is 7. The number of aromatic nitrogens is 6. The number of piperidine rings is 1. The summed E-state index contributed by atoms with van der Waals surface area (Å²) < 4.78 is 24.8. The second kappa shape index (κ2) is 10.0. The van der Waals surface area contributed by atoms with Crippen LogP contribution in [0.15, 0.2) is 55.4 Å². The molecular formula is C29H31FN8O3. The van der Waals surface area contributed by atoms with Crippen LogP contribution in [0.1, 0.15) is 50.7 Å². The van der Waals surface area contributed by atoms with Gasteiger partial charge in [0.1, 0.15) is 35.5 Å². The van der Waals surface area contributed by atoms with Gasteiger partial charge in [-0.15, -0.1) is 0 Å². The van der Waals surface area contributed by atoms with E-state index in [4.69, 9.17) is 4.74 Å². The van der Waals surface area contributed by atoms with Crippen molar-refractivity contribution in [1.29, 1.82) is 0 Å². The number of rotatable bonds is 5. The first-order valence-corrected chi connectivity index (χ1v) is 13.4. The van der Waals surface area contributed by atoms with Crippen molar-refractivity contribution in [2.24, 2.45) is 5.41 Å². The molecule has 0 spiro atoms. The Morgan fingerprint density at radius 2 is 1.90 bits per heavy atom. The summed E-state index contributed by atoms with van der Waals surface area (Å²) in [7, 11) is 0. The summed E-state index contributed by atoms with van der Waals surface area (Å²) in [6.45, 7) is 8.33. The van der Waals surface area contributed by atoms with Crippen LogP contribution >= 0.6 is 0 Å². The average Bonchev–Trinajstić information content (AvgIpc) is 3.53. The molecule has 2 unspecified atom stereocenters. The molecule has 0 aliphatic carbocycles. The van der Waals surface area contributed by atoms with Gasteiger partial charge in [-0.3, -0.25) is 0 Å². The van der Waals surface area contributed by atoms with Crippen molar-refractivity contribution in [1.82, 2.24) is 34.1 Å². The van der Waals surface area contributed by atoms with Crippen molar-refractivity contribution in [3.05, 3.63) is 72.3 Å². The lowest BCUT2D eigenvalue weighted by atomic mass is 9.75. The molecule has 12 heteroatoms. The summed E-state index contributed by atoms with van der Waals surface area (Å²) in [4.78, 5) is 22.1. The van der Waals surface area contributed by atoms with E-state index in [2.05, 4.69) is 25.5 Å². The van der Waals surface area contributed by atoms with Crippen molar-refractivity contribution in [3.63, 3.8) is 0 Å². The fourth-order valence-corrected chi connectivity index (χ4v) is 5.73. The van der Waals surface area contributed by atoms with Crippen LogP contribution in [-0.2, 0) is 0 Å². The first kappa shape index (κ1) is 26.5. The Labute approximate surface area is 235 Å². The zero-order valence-electron chi connectivity index (χ0n) is 23.2. The van der Waals surface area contributed by atoms with Crippen molar-refractivity contribution in [2.75, 3.05) is 11.9 Å². The van der Waals surface area contributed by atoms with Crippen LogP contribution in [0.25, 0.3) is 11.2 Å². The standard InChI is InChI=1S/C29H31FN8O3/c1-17-11-19(5-6-22(17)41-20-8-10-37-24(13-20)31-15-33-37)35-27-26-25(21(30)14-38(26)34-16-32-27)18-7-9-36(28(39)40)23(12-18)29(2,3)4/h5-6,8,10-11,13-16,18,23H,7,9,12H2,1-4H3,(H,39,40)(H,32,34,35). The number of halogens is 1. The molecule has 1 fully saturated rings. The number of carbonyl (C=O) groups is 1. The van der Waals surface area contributed by atoms with E-state index in [1.807, 2.05) is 58.0 Å². The first-order chi connectivity index (χ1) is 19.6. The molecule has 1 aliphatic heterocycles. The van der Waals surface area contributed by atoms with Gasteiger partial charge in [0.25, 0.3) is 0 Å². The van der Waals surface area contributed by atoms with Gasteiger partial charge in [0.05, 0.1) is 6.20 Å². The first-order valence-electron chi connectivity index (χ1n) is 13.4. The van der Waals surface area contributed by atoms with Gasteiger partial charge in [-0.2, -0.15) is 10.2 Å². The van der Waals surface area contributed by atoms with E-state index in [0.29, 0.717) is 53.4 Å². The molecule has 1 saturated heterocycles. The summed E-state index contributed by atoms with van der Waals surface area (Å²) in [6, 6.07) is 9.04. The number of ether oxygens (including phenoxy) is 1. The van der Waals surface area contributed by atoms with Gasteiger partial charge in [-0.05, 0) is 60.9 Å². The lowest BCUT2D eigenvalue weighted by molar-refractivity contribution is 0.0524. The highest BCUT2D eigenvalue weighted by atomic mass is 19.1. The Bertz CT molecular complexity index is 1760. The number of aryl methyl sites for hydroxylation is 1. The Balaban J connectivity index is 1.29. The van der Waals surface area contributed by atoms with E-state index in [-0.39, 0.29) is 23.2 Å². The number of likely N-dealkylation sites (tertiary alicyclic amines) is 1. The van der Waals surface area contributed by atoms with Crippen LogP contribution in [0.3, 0.4) is 0 Å². The van der Waals surface area contributed by atoms with Gasteiger partial charge < -0.3 is 20.1 Å². The number of benzene rings is 1. The SMILES string of the molecule is Cc1cc(Nc2ncnn3cc(F)c(C4CCN(C(=O)O)C(C(C)(C)C)C4)c23)ccc1Oc1ccn2ncnc2c1. The number of hydrogen-bond acceptors (Lipinski definition) is 7. The molecule has 0 saturated carbocycles. The van der Waals surface area contributed by atoms with Crippen molar-refractivity contribution >= 4 is 28.8 Å². The Morgan fingerprint density at radius 1 is 1.12 bits per heavy atom. The quantitative estimate of drug-likeness (QED) is 0.268. The highest BCUT2D eigenvalue weighted by Gasteiger charge is 2.40. The monoisotopic (exact) mass is 558 g/mol. The van der Waals surface area contributed by atoms with E-state index in [1.165, 1.54) is 28.3 Å². The van der Waals surface area contributed by atoms with Gasteiger partial charge in [-0.25, -0.2) is 28.2 Å². The van der Waals surface area contributed by atoms with Crippen LogP contribution in [0.2, 0.25) is 0 Å². The third kappa shape index (κ3) is 5.01. The Kier molecular flexibility index (Phi) is 6.47. The number of amides is 1. The van der Waals surface area contributed by atoms with Gasteiger partial charge in [0.2, 0.25) is 0 Å². The van der Waals surface area contributed by atoms with Crippen molar-refractivity contribution in [3.8, 4) is 11.5 Å². The molecule has 5 heterocycles. The number of hydrogen-bond donors (Lipinski definition) is 2. The third-order valence-corrected chi connectivity index (χ3v) is 7.74. The number of fused-ring (bicyclic) bond motifs is 2. The minimum absolute atomic E-state index is 0.188. The fraction of sp³-hybridized carbons (Fsp3) is 0.345. The number of carboxylic acid groups (broad SMARTS) is 1. The lowest BCUT2D eigenvalue weighted by Gasteiger charge is -2.44. The van der Waals surface area contributed by atoms with E-state index < -0.39 is 6.09 Å². The molecule has 1 aliphatic rings. The maximum Gasteiger partial charge on any atom is 0.407 e. The topological polar surface area (TPSA) is 122 Å². The van der Waals surface area contributed by atoms with E-state index in [9.17, 15) is 9.90 Å². The summed E-state index contributed by atoms with van der Waals surface area (Å²) in [5, 5.41) is 21.5. The molecule has 11 nitrogen and oxygen atoms in total. The maximum absolute atomic E-state index is 15.5. The predicted octanol–water partition coefficient (Wildman–Crippen LogP) is 6.03. The summed E-state index contributed by atoms with van der Waals surface area (Å²) >= 11 is 0. The molecule has 6 rings (SSSR count). The van der Waals surface area contributed by atoms with Gasteiger partial charge in [0.15, 0.2) is 11.5 Å². The van der Waals surface area contributed by atoms with Crippen LogP contribution in [0.4, 0.5) is 20.7 Å². The molecule has 212 valence electrons. The fourth-order valence-electron chi connectivity index (χ4n) is 5.73. The van der Waals surface area contributed by atoms with E-state index in [1.54, 1.807) is 10.7 Å². The minimum atomic E-state index is -0.946. The number of anilines is 2. The van der Waals surface area contributed by atoms with Crippen molar-refractivity contribution in [2.45, 2.75) is 52.5 Å². The summed E-state index contributed by atoms with van der Waals surface area (Å²) in [5.74, 6) is 1.23. The van der Waals surface area contributed by atoms with Crippen LogP contribution < -0.4 is 10.1 Å². The predicted molar refractivity (Wildman–Crippen MR) is 150 cm³/mol. The lowest BCUT2D eigenvalue weighted by Crippen LogP contribution is -2.51. The molecule has 4 aromatic heterocycles. The van der Waals surface area contributed by atoms with E-state index >= 15 is 4.39 Å². The van der Waals surface area contributed by atoms with Gasteiger partial charge >= 0.3 is 6.09 Å². The van der Waals surface area contributed by atoms with Gasteiger partial charge in [-0.1, -0.05) is 20.8 Å². The van der Waals surface area contributed by atoms with Gasteiger partial charge in [0, 0.05) is 36.1 Å². The average molecular weight is 559 g/mol. The third-order valence-electron chi connectivity index (χ3n) is 7.74. The molecule has 1 aromatic carbocycles. The van der Waals surface area contributed by atoms with Crippen LogP contribution in [0.5, 0.6) is 11.5 Å². The molecule has 1 amide bonds. The minimum Gasteiger partial charge on any atom is -0.465 e. The highest BCUT2D eigenvalue weighted by molar-refractivity contribution is 5.78. The molecular weight excluding hydrogens is 527 g/mol. The smallest absolute Gasteiger partial charge is 0.407 e. The van der Waals surface area contributed by atoms with E-state index in [0.717, 1.165) is 11.3 Å². The highest BCUT2D eigenvalue weighted by Crippen LogP contribution is 2.42. The zero-order chi connectivity index (χ0) is 28.9. The molecule has 5 aromatic rings. The molecule has 41 heavy (non-hydrogen) atoms. The molecule has 2 atom stereocenters. The molecule has 0 bridgehead atoms. The Morgan fingerprint density at radius 3 is 2.66 bits per heavy atom. The Hall–Kier alpha value is -4.74. The summed E-state index contributed by atoms with van der Waals surface area (Å²) in [6.07, 6.45) is 6.09. The maximum atomic E-state index is 15.5. The van der Waals surface area contributed by atoms with Crippen molar-refractivity contribution < 1.29 is 19.0 Å². The molecule has 2 N–H and O–H groups in total. The second-order valence-corrected chi connectivity index (χ2v) is 11.5. The second-order valence-electron chi connectivity index (χ2n) is 11.5. The largest absolute Gasteiger partial charge is 0.465 e. The normalized spacial score (nSPS) is 17.7. The number of pyridine rings is 1. The van der Waals surface area contributed by atoms with Crippen LogP contribution in [-0.4, -0.2) is 57.9 Å².